The second kappa shape index (κ2) is 11.8. The third-order valence-electron chi connectivity index (χ3n) is 5.15. The molecule has 0 aliphatic rings. The van der Waals surface area contributed by atoms with Crippen LogP contribution in [-0.4, -0.2) is 26.4 Å². The average molecular weight is 539 g/mol. The van der Waals surface area contributed by atoms with Crippen molar-refractivity contribution in [3.8, 4) is 5.75 Å². The Labute approximate surface area is 216 Å². The van der Waals surface area contributed by atoms with Crippen LogP contribution < -0.4 is 10.1 Å². The molecule has 1 heterocycles. The van der Waals surface area contributed by atoms with E-state index in [2.05, 4.69) is 35.9 Å². The number of carbonyl (C=O) groups excluding carboxylic acids is 1. The van der Waals surface area contributed by atoms with E-state index in [0.29, 0.717) is 17.5 Å². The number of aryl methyl sites for hydroxylation is 1. The maximum Gasteiger partial charge on any atom is 0.416 e. The second-order valence-electron chi connectivity index (χ2n) is 8.31. The number of alkyl halides is 3. The lowest BCUT2D eigenvalue weighted by Gasteiger charge is -2.15. The van der Waals surface area contributed by atoms with Gasteiger partial charge in [0, 0.05) is 6.54 Å². The maximum absolute atomic E-state index is 13.0. The minimum Gasteiger partial charge on any atom is -0.485 e. The Morgan fingerprint density at radius 1 is 1.25 bits per heavy atom. The van der Waals surface area contributed by atoms with Gasteiger partial charge in [-0.1, -0.05) is 55.4 Å². The molecule has 0 radical (unpaired) electrons. The van der Waals surface area contributed by atoms with Crippen LogP contribution in [0.3, 0.4) is 0 Å². The number of rotatable bonds is 10. The summed E-state index contributed by atoms with van der Waals surface area (Å²) in [4.78, 5) is 12.4. The molecule has 11 heteroatoms. The number of thioether (sulfide) groups is 1. The summed E-state index contributed by atoms with van der Waals surface area (Å²) in [5.41, 5.74) is 1.14. The number of amides is 1. The van der Waals surface area contributed by atoms with Crippen LogP contribution in [0.5, 0.6) is 5.75 Å². The molecular formula is C25H26ClF3N4O2S. The molecule has 2 aromatic carbocycles. The zero-order valence-corrected chi connectivity index (χ0v) is 21.6. The molecule has 0 saturated carbocycles. The van der Waals surface area contributed by atoms with Crippen LogP contribution in [0.25, 0.3) is 0 Å². The molecule has 36 heavy (non-hydrogen) atoms. The van der Waals surface area contributed by atoms with E-state index >= 15 is 0 Å². The van der Waals surface area contributed by atoms with Crippen molar-refractivity contribution in [1.82, 2.24) is 14.8 Å². The van der Waals surface area contributed by atoms with Gasteiger partial charge in [0.2, 0.25) is 5.91 Å². The van der Waals surface area contributed by atoms with Crippen LogP contribution in [0, 0.1) is 6.92 Å². The van der Waals surface area contributed by atoms with Gasteiger partial charge in [0.25, 0.3) is 0 Å². The van der Waals surface area contributed by atoms with Gasteiger partial charge in [-0.2, -0.15) is 13.2 Å². The van der Waals surface area contributed by atoms with Gasteiger partial charge in [0.15, 0.2) is 11.0 Å². The number of halogens is 4. The molecule has 0 saturated heterocycles. The lowest BCUT2D eigenvalue weighted by molar-refractivity contribution is -0.137. The zero-order chi connectivity index (χ0) is 26.5. The van der Waals surface area contributed by atoms with E-state index < -0.39 is 17.6 Å². The first-order chi connectivity index (χ1) is 17.0. The summed E-state index contributed by atoms with van der Waals surface area (Å²) in [5.74, 6) is 0.952. The number of aromatic nitrogens is 3. The van der Waals surface area contributed by atoms with Crippen LogP contribution in [0.4, 0.5) is 18.9 Å². The Morgan fingerprint density at radius 3 is 2.67 bits per heavy atom. The van der Waals surface area contributed by atoms with Crippen molar-refractivity contribution in [2.24, 2.45) is 0 Å². The van der Waals surface area contributed by atoms with Gasteiger partial charge in [-0.3, -0.25) is 9.36 Å². The van der Waals surface area contributed by atoms with Crippen molar-refractivity contribution in [1.29, 1.82) is 0 Å². The largest absolute Gasteiger partial charge is 0.485 e. The Balaban J connectivity index is 1.69. The predicted molar refractivity (Wildman–Crippen MR) is 136 cm³/mol. The number of nitrogens with one attached hydrogen (secondary N) is 1. The van der Waals surface area contributed by atoms with Gasteiger partial charge in [-0.15, -0.1) is 16.8 Å². The van der Waals surface area contributed by atoms with Gasteiger partial charge in [0.05, 0.1) is 22.0 Å². The number of ether oxygens (including phenoxy) is 1. The summed E-state index contributed by atoms with van der Waals surface area (Å²) in [7, 11) is 0. The first-order valence-electron chi connectivity index (χ1n) is 11.0. The number of allylic oxidation sites excluding steroid dienone is 1. The van der Waals surface area contributed by atoms with E-state index in [1.165, 1.54) is 0 Å². The number of carbonyl (C=O) groups is 1. The van der Waals surface area contributed by atoms with Crippen molar-refractivity contribution < 1.29 is 22.7 Å². The van der Waals surface area contributed by atoms with Crippen molar-refractivity contribution in [2.75, 3.05) is 11.1 Å². The number of anilines is 1. The molecule has 192 valence electrons. The first kappa shape index (κ1) is 27.6. The lowest BCUT2D eigenvalue weighted by atomic mass is 10.0. The Bertz CT molecular complexity index is 1240. The number of nitrogens with zero attached hydrogens (tertiary/aromatic N) is 3. The number of hydrogen-bond acceptors (Lipinski definition) is 5. The summed E-state index contributed by atoms with van der Waals surface area (Å²) in [5, 5.41) is 11.2. The van der Waals surface area contributed by atoms with Crippen molar-refractivity contribution in [3.05, 3.63) is 76.6 Å². The lowest BCUT2D eigenvalue weighted by Crippen LogP contribution is -2.16. The highest BCUT2D eigenvalue weighted by Gasteiger charge is 2.31. The first-order valence-corrected chi connectivity index (χ1v) is 12.4. The summed E-state index contributed by atoms with van der Waals surface area (Å²) in [6.07, 6.45) is -2.88. The van der Waals surface area contributed by atoms with E-state index in [4.69, 9.17) is 16.3 Å². The normalized spacial score (nSPS) is 11.6. The summed E-state index contributed by atoms with van der Waals surface area (Å²) < 4.78 is 46.8. The predicted octanol–water partition coefficient (Wildman–Crippen LogP) is 6.88. The SMILES string of the molecule is C=CCn1c(COc2cc(C)ccc2C(C)C)nnc1SCC(=O)Nc1cc(C(F)(F)F)ccc1Cl. The molecule has 0 aliphatic carbocycles. The molecular weight excluding hydrogens is 513 g/mol. The Hall–Kier alpha value is -2.98. The molecule has 1 N–H and O–H groups in total. The fraction of sp³-hybridized carbons (Fsp3) is 0.320. The summed E-state index contributed by atoms with van der Waals surface area (Å²) in [6, 6.07) is 8.81. The van der Waals surface area contributed by atoms with Crippen molar-refractivity contribution in [2.45, 2.75) is 51.2 Å². The van der Waals surface area contributed by atoms with Gasteiger partial charge in [0.1, 0.15) is 12.4 Å². The van der Waals surface area contributed by atoms with Gasteiger partial charge < -0.3 is 10.1 Å². The monoisotopic (exact) mass is 538 g/mol. The van der Waals surface area contributed by atoms with Crippen molar-refractivity contribution in [3.63, 3.8) is 0 Å². The molecule has 1 aromatic heterocycles. The van der Waals surface area contributed by atoms with Crippen molar-refractivity contribution >= 4 is 35.0 Å². The third-order valence-corrected chi connectivity index (χ3v) is 6.45. The zero-order valence-electron chi connectivity index (χ0n) is 20.0. The quantitative estimate of drug-likeness (QED) is 0.225. The molecule has 0 atom stereocenters. The summed E-state index contributed by atoms with van der Waals surface area (Å²) >= 11 is 7.05. The van der Waals surface area contributed by atoms with Gasteiger partial charge in [-0.25, -0.2) is 0 Å². The Kier molecular flexibility index (Phi) is 9.08. The topological polar surface area (TPSA) is 69.0 Å². The van der Waals surface area contributed by atoms with E-state index in [1.807, 2.05) is 25.1 Å². The summed E-state index contributed by atoms with van der Waals surface area (Å²) in [6.45, 7) is 10.5. The minimum atomic E-state index is -4.55. The van der Waals surface area contributed by atoms with Crippen LogP contribution in [0.1, 0.15) is 42.3 Å². The Morgan fingerprint density at radius 2 is 2.00 bits per heavy atom. The van der Waals surface area contributed by atoms with Gasteiger partial charge in [-0.05, 0) is 48.2 Å². The van der Waals surface area contributed by atoms with E-state index in [-0.39, 0.29) is 29.0 Å². The van der Waals surface area contributed by atoms with E-state index in [1.54, 1.807) is 10.6 Å². The minimum absolute atomic E-state index is 0.00697. The standard InChI is InChI=1S/C25H26ClF3N4O2S/c1-5-10-33-22(13-35-21-11-16(4)6-8-18(21)15(2)3)31-32-24(33)36-14-23(34)30-20-12-17(25(27,28)29)7-9-19(20)26/h5-9,11-12,15H,1,10,13-14H2,2-4H3,(H,30,34). The molecule has 6 nitrogen and oxygen atoms in total. The van der Waals surface area contributed by atoms with Gasteiger partial charge >= 0.3 is 6.18 Å². The second-order valence-corrected chi connectivity index (χ2v) is 9.66. The maximum atomic E-state index is 13.0. The number of hydrogen-bond donors (Lipinski definition) is 1. The molecule has 0 fully saturated rings. The highest BCUT2D eigenvalue weighted by Crippen LogP contribution is 2.34. The van der Waals surface area contributed by atoms with Crippen LogP contribution in [0.2, 0.25) is 5.02 Å². The van der Waals surface area contributed by atoms with Crippen LogP contribution in [0.15, 0.2) is 54.2 Å². The molecule has 0 bridgehead atoms. The fourth-order valence-electron chi connectivity index (χ4n) is 3.34. The molecule has 3 rings (SSSR count). The molecule has 0 spiro atoms. The van der Waals surface area contributed by atoms with E-state index in [0.717, 1.165) is 46.8 Å². The average Bonchev–Trinajstić information content (AvgIpc) is 3.18. The third kappa shape index (κ3) is 7.04. The van der Waals surface area contributed by atoms with Crippen LogP contribution in [-0.2, 0) is 24.1 Å². The van der Waals surface area contributed by atoms with E-state index in [9.17, 15) is 18.0 Å². The molecule has 0 unspecified atom stereocenters. The van der Waals surface area contributed by atoms with Crippen LogP contribution >= 0.6 is 23.4 Å². The smallest absolute Gasteiger partial charge is 0.416 e. The fourth-order valence-corrected chi connectivity index (χ4v) is 4.28. The highest BCUT2D eigenvalue weighted by molar-refractivity contribution is 7.99. The molecule has 0 aliphatic heterocycles. The highest BCUT2D eigenvalue weighted by atomic mass is 35.5. The number of benzene rings is 2. The molecule has 3 aromatic rings. The molecule has 1 amide bonds.